The highest BCUT2D eigenvalue weighted by atomic mass is 16.4. The van der Waals surface area contributed by atoms with E-state index in [0.29, 0.717) is 11.3 Å². The van der Waals surface area contributed by atoms with Gasteiger partial charge in [-0.15, -0.1) is 0 Å². The Hall–Kier alpha value is -2.89. The van der Waals surface area contributed by atoms with Gasteiger partial charge in [0.2, 0.25) is 0 Å². The number of aromatic nitrogens is 1. The van der Waals surface area contributed by atoms with E-state index >= 15 is 0 Å². The minimum absolute atomic E-state index is 0.0809. The molecule has 0 radical (unpaired) electrons. The zero-order valence-electron chi connectivity index (χ0n) is 14.0. The predicted molar refractivity (Wildman–Crippen MR) is 94.2 cm³/mol. The lowest BCUT2D eigenvalue weighted by atomic mass is 9.95. The Kier molecular flexibility index (Phi) is 4.70. The molecule has 1 unspecified atom stereocenters. The molecule has 3 rings (SSSR count). The van der Waals surface area contributed by atoms with Gasteiger partial charge < -0.3 is 15.4 Å². The van der Waals surface area contributed by atoms with E-state index in [9.17, 15) is 14.4 Å². The van der Waals surface area contributed by atoms with E-state index in [-0.39, 0.29) is 5.56 Å². The zero-order valence-corrected chi connectivity index (χ0v) is 14.0. The molecule has 6 nitrogen and oxygen atoms in total. The van der Waals surface area contributed by atoms with E-state index in [1.54, 1.807) is 37.3 Å². The maximum atomic E-state index is 12.5. The first kappa shape index (κ1) is 17.0. The van der Waals surface area contributed by atoms with Gasteiger partial charge in [-0.2, -0.15) is 0 Å². The Bertz CT molecular complexity index is 885. The van der Waals surface area contributed by atoms with Crippen LogP contribution in [0.25, 0.3) is 0 Å². The van der Waals surface area contributed by atoms with Gasteiger partial charge in [-0.05, 0) is 61.9 Å². The standard InChI is InChI=1S/C19H20N2O4/c1-11(19(24)25)12-6-4-7-14(9-12)20-17(22)15-10-13-5-2-3-8-16(13)21-18(15)23/h4,6-7,9-11H,2-3,5,8H2,1H3,(H,20,22)(H,21,23)(H,24,25). The number of H-pyrrole nitrogens is 1. The molecule has 0 saturated carbocycles. The summed E-state index contributed by atoms with van der Waals surface area (Å²) in [7, 11) is 0. The molecular formula is C19H20N2O4. The van der Waals surface area contributed by atoms with Crippen molar-refractivity contribution in [3.05, 3.63) is 63.1 Å². The van der Waals surface area contributed by atoms with E-state index < -0.39 is 23.4 Å². The van der Waals surface area contributed by atoms with Crippen molar-refractivity contribution in [2.75, 3.05) is 5.32 Å². The molecule has 0 bridgehead atoms. The van der Waals surface area contributed by atoms with Crippen molar-refractivity contribution >= 4 is 17.6 Å². The molecule has 0 fully saturated rings. The number of aryl methyl sites for hydroxylation is 2. The van der Waals surface area contributed by atoms with Crippen molar-refractivity contribution in [3.8, 4) is 0 Å². The number of aliphatic carboxylic acids is 1. The van der Waals surface area contributed by atoms with E-state index in [1.165, 1.54) is 0 Å². The minimum atomic E-state index is -0.936. The van der Waals surface area contributed by atoms with Crippen LogP contribution in [-0.4, -0.2) is 22.0 Å². The van der Waals surface area contributed by atoms with Gasteiger partial charge in [0.25, 0.3) is 11.5 Å². The maximum absolute atomic E-state index is 12.5. The Morgan fingerprint density at radius 1 is 1.20 bits per heavy atom. The first-order valence-corrected chi connectivity index (χ1v) is 8.35. The molecule has 1 amide bonds. The highest BCUT2D eigenvalue weighted by Crippen LogP contribution is 2.21. The van der Waals surface area contributed by atoms with Crippen LogP contribution in [-0.2, 0) is 17.6 Å². The van der Waals surface area contributed by atoms with Crippen LogP contribution in [0.1, 0.15) is 52.9 Å². The molecule has 130 valence electrons. The lowest BCUT2D eigenvalue weighted by molar-refractivity contribution is -0.138. The number of carboxylic acids is 1. The second-order valence-corrected chi connectivity index (χ2v) is 6.36. The monoisotopic (exact) mass is 340 g/mol. The number of hydrogen-bond acceptors (Lipinski definition) is 3. The van der Waals surface area contributed by atoms with Gasteiger partial charge in [0, 0.05) is 11.4 Å². The SMILES string of the molecule is CC(C(=O)O)c1cccc(NC(=O)c2cc3c([nH]c2=O)CCCC3)c1. The van der Waals surface area contributed by atoms with Crippen LogP contribution in [0.3, 0.4) is 0 Å². The highest BCUT2D eigenvalue weighted by Gasteiger charge is 2.18. The van der Waals surface area contributed by atoms with Crippen LogP contribution in [0.15, 0.2) is 35.1 Å². The third-order valence-electron chi connectivity index (χ3n) is 4.60. The smallest absolute Gasteiger partial charge is 0.310 e. The molecule has 1 heterocycles. The Morgan fingerprint density at radius 3 is 2.72 bits per heavy atom. The average Bonchev–Trinajstić information content (AvgIpc) is 2.60. The van der Waals surface area contributed by atoms with Crippen molar-refractivity contribution in [1.29, 1.82) is 0 Å². The maximum Gasteiger partial charge on any atom is 0.310 e. The molecule has 1 aliphatic carbocycles. The number of pyridine rings is 1. The van der Waals surface area contributed by atoms with Crippen LogP contribution in [0.5, 0.6) is 0 Å². The molecule has 1 aromatic heterocycles. The third kappa shape index (κ3) is 3.63. The first-order chi connectivity index (χ1) is 12.0. The lowest BCUT2D eigenvalue weighted by Crippen LogP contribution is -2.26. The van der Waals surface area contributed by atoms with E-state index in [4.69, 9.17) is 5.11 Å². The van der Waals surface area contributed by atoms with Gasteiger partial charge in [0.1, 0.15) is 5.56 Å². The number of carbonyl (C=O) groups excluding carboxylic acids is 1. The van der Waals surface area contributed by atoms with Gasteiger partial charge >= 0.3 is 5.97 Å². The van der Waals surface area contributed by atoms with Crippen LogP contribution in [0.2, 0.25) is 0 Å². The summed E-state index contributed by atoms with van der Waals surface area (Å²) < 4.78 is 0. The number of hydrogen-bond donors (Lipinski definition) is 3. The largest absolute Gasteiger partial charge is 0.481 e. The van der Waals surface area contributed by atoms with E-state index in [0.717, 1.165) is 36.9 Å². The molecule has 1 atom stereocenters. The molecule has 1 aromatic carbocycles. The highest BCUT2D eigenvalue weighted by molar-refractivity contribution is 6.04. The Morgan fingerprint density at radius 2 is 1.96 bits per heavy atom. The second-order valence-electron chi connectivity index (χ2n) is 6.36. The number of benzene rings is 1. The molecular weight excluding hydrogens is 320 g/mol. The molecule has 0 saturated heterocycles. The number of rotatable bonds is 4. The number of carboxylic acid groups (broad SMARTS) is 1. The fraction of sp³-hybridized carbons (Fsp3) is 0.316. The normalized spacial score (nSPS) is 14.4. The van der Waals surface area contributed by atoms with Crippen molar-refractivity contribution in [2.45, 2.75) is 38.5 Å². The number of carbonyl (C=O) groups is 2. The van der Waals surface area contributed by atoms with Gasteiger partial charge in [-0.25, -0.2) is 0 Å². The Balaban J connectivity index is 1.84. The minimum Gasteiger partial charge on any atom is -0.481 e. The first-order valence-electron chi connectivity index (χ1n) is 8.35. The van der Waals surface area contributed by atoms with Gasteiger partial charge in [-0.1, -0.05) is 12.1 Å². The van der Waals surface area contributed by atoms with Crippen molar-refractivity contribution in [3.63, 3.8) is 0 Å². The van der Waals surface area contributed by atoms with Crippen LogP contribution >= 0.6 is 0 Å². The van der Waals surface area contributed by atoms with Crippen LogP contribution < -0.4 is 10.9 Å². The van der Waals surface area contributed by atoms with Gasteiger partial charge in [0.05, 0.1) is 5.92 Å². The zero-order chi connectivity index (χ0) is 18.0. The molecule has 25 heavy (non-hydrogen) atoms. The number of aromatic amines is 1. The summed E-state index contributed by atoms with van der Waals surface area (Å²) in [4.78, 5) is 38.6. The number of fused-ring (bicyclic) bond motifs is 1. The number of nitrogens with one attached hydrogen (secondary N) is 2. The quantitative estimate of drug-likeness (QED) is 0.797. The average molecular weight is 340 g/mol. The molecule has 1 aliphatic rings. The van der Waals surface area contributed by atoms with Crippen LogP contribution in [0, 0.1) is 0 Å². The molecule has 0 aliphatic heterocycles. The number of anilines is 1. The summed E-state index contributed by atoms with van der Waals surface area (Å²) in [5.74, 6) is -2.10. The molecule has 6 heteroatoms. The molecule has 2 aromatic rings. The lowest BCUT2D eigenvalue weighted by Gasteiger charge is -2.16. The topological polar surface area (TPSA) is 99.3 Å². The summed E-state index contributed by atoms with van der Waals surface area (Å²) >= 11 is 0. The van der Waals surface area contributed by atoms with Crippen molar-refractivity contribution in [2.24, 2.45) is 0 Å². The third-order valence-corrected chi connectivity index (χ3v) is 4.60. The molecule has 0 spiro atoms. The number of amides is 1. The molecule has 3 N–H and O–H groups in total. The summed E-state index contributed by atoms with van der Waals surface area (Å²) in [5.41, 5.74) is 2.68. The summed E-state index contributed by atoms with van der Waals surface area (Å²) in [5, 5.41) is 11.8. The second kappa shape index (κ2) is 6.93. The van der Waals surface area contributed by atoms with Crippen molar-refractivity contribution < 1.29 is 14.7 Å². The summed E-state index contributed by atoms with van der Waals surface area (Å²) in [6.07, 6.45) is 3.79. The summed E-state index contributed by atoms with van der Waals surface area (Å²) in [6.45, 7) is 1.58. The summed E-state index contributed by atoms with van der Waals surface area (Å²) in [6, 6.07) is 8.33. The Labute approximate surface area is 144 Å². The van der Waals surface area contributed by atoms with Gasteiger partial charge in [-0.3, -0.25) is 14.4 Å². The van der Waals surface area contributed by atoms with Gasteiger partial charge in [0.15, 0.2) is 0 Å². The van der Waals surface area contributed by atoms with Crippen LogP contribution in [0.4, 0.5) is 5.69 Å². The van der Waals surface area contributed by atoms with E-state index in [2.05, 4.69) is 10.3 Å². The fourth-order valence-corrected chi connectivity index (χ4v) is 3.07. The predicted octanol–water partition coefficient (Wildman–Crippen LogP) is 2.69. The van der Waals surface area contributed by atoms with Crippen molar-refractivity contribution in [1.82, 2.24) is 4.98 Å². The fourth-order valence-electron chi connectivity index (χ4n) is 3.07. The van der Waals surface area contributed by atoms with E-state index in [1.807, 2.05) is 0 Å².